The second kappa shape index (κ2) is 8.32. The van der Waals surface area contributed by atoms with Gasteiger partial charge < -0.3 is 4.74 Å². The molecule has 0 heterocycles. The van der Waals surface area contributed by atoms with E-state index in [2.05, 4.69) is 63.2 Å². The predicted molar refractivity (Wildman–Crippen MR) is 101 cm³/mol. The molecule has 0 spiro atoms. The molecular formula is C22H30O2. The standard InChI is InChI=1S/C22H30O2/c1-6-17(21(15(2)3)24-22(23)16(4)5)14-19-12-9-11-18-10-7-8-13-20(18)19/h7-13,15-17,21H,6,14H2,1-5H3. The summed E-state index contributed by atoms with van der Waals surface area (Å²) >= 11 is 0. The maximum absolute atomic E-state index is 12.1. The highest BCUT2D eigenvalue weighted by atomic mass is 16.5. The predicted octanol–water partition coefficient (Wildman–Crippen LogP) is 5.63. The van der Waals surface area contributed by atoms with Crippen molar-refractivity contribution in [2.45, 2.75) is 53.6 Å². The van der Waals surface area contributed by atoms with Crippen molar-refractivity contribution in [3.63, 3.8) is 0 Å². The third-order valence-corrected chi connectivity index (χ3v) is 4.73. The Bertz CT molecular complexity index is 667. The number of esters is 1. The first kappa shape index (κ1) is 18.5. The van der Waals surface area contributed by atoms with Gasteiger partial charge in [0.2, 0.25) is 0 Å². The maximum Gasteiger partial charge on any atom is 0.308 e. The molecule has 0 saturated heterocycles. The van der Waals surface area contributed by atoms with Crippen molar-refractivity contribution in [2.75, 3.05) is 0 Å². The summed E-state index contributed by atoms with van der Waals surface area (Å²) in [6.07, 6.45) is 1.90. The van der Waals surface area contributed by atoms with Gasteiger partial charge in [-0.1, -0.05) is 77.1 Å². The highest BCUT2D eigenvalue weighted by molar-refractivity contribution is 5.85. The molecule has 130 valence electrons. The van der Waals surface area contributed by atoms with Crippen LogP contribution in [-0.4, -0.2) is 12.1 Å². The summed E-state index contributed by atoms with van der Waals surface area (Å²) in [5.74, 6) is 0.470. The Morgan fingerprint density at radius 2 is 1.67 bits per heavy atom. The maximum atomic E-state index is 12.1. The van der Waals surface area contributed by atoms with Gasteiger partial charge in [0.1, 0.15) is 6.10 Å². The Hall–Kier alpha value is -1.83. The molecule has 0 aliphatic rings. The zero-order valence-corrected chi connectivity index (χ0v) is 15.6. The van der Waals surface area contributed by atoms with Crippen LogP contribution in [-0.2, 0) is 16.0 Å². The van der Waals surface area contributed by atoms with Crippen LogP contribution in [0.15, 0.2) is 42.5 Å². The van der Waals surface area contributed by atoms with E-state index >= 15 is 0 Å². The number of ether oxygens (including phenoxy) is 1. The van der Waals surface area contributed by atoms with Gasteiger partial charge in [-0.25, -0.2) is 0 Å². The number of hydrogen-bond acceptors (Lipinski definition) is 2. The van der Waals surface area contributed by atoms with Crippen LogP contribution in [0.1, 0.15) is 46.6 Å². The van der Waals surface area contributed by atoms with E-state index in [4.69, 9.17) is 4.74 Å². The number of carbonyl (C=O) groups excluding carboxylic acids is 1. The lowest BCUT2D eigenvalue weighted by Crippen LogP contribution is -2.34. The molecule has 2 nitrogen and oxygen atoms in total. The Labute approximate surface area is 146 Å². The minimum Gasteiger partial charge on any atom is -0.462 e. The fraction of sp³-hybridized carbons (Fsp3) is 0.500. The van der Waals surface area contributed by atoms with Crippen molar-refractivity contribution in [3.8, 4) is 0 Å². The van der Waals surface area contributed by atoms with Gasteiger partial charge >= 0.3 is 5.97 Å². The van der Waals surface area contributed by atoms with E-state index in [0.29, 0.717) is 11.8 Å². The minimum atomic E-state index is -0.0925. The molecule has 2 heteroatoms. The lowest BCUT2D eigenvalue weighted by Gasteiger charge is -2.30. The van der Waals surface area contributed by atoms with Gasteiger partial charge in [-0.05, 0) is 41.0 Å². The summed E-state index contributed by atoms with van der Waals surface area (Å²) in [6.45, 7) is 10.3. The summed E-state index contributed by atoms with van der Waals surface area (Å²) in [5, 5.41) is 2.57. The molecule has 0 saturated carbocycles. The third kappa shape index (κ3) is 4.37. The molecule has 0 aliphatic heterocycles. The van der Waals surface area contributed by atoms with E-state index < -0.39 is 0 Å². The molecule has 0 fully saturated rings. The molecule has 2 atom stereocenters. The van der Waals surface area contributed by atoms with E-state index in [1.807, 2.05) is 13.8 Å². The molecule has 0 aromatic heterocycles. The van der Waals surface area contributed by atoms with Crippen molar-refractivity contribution in [2.24, 2.45) is 17.8 Å². The van der Waals surface area contributed by atoms with E-state index in [-0.39, 0.29) is 18.0 Å². The number of rotatable bonds is 7. The number of carbonyl (C=O) groups is 1. The molecule has 0 N–H and O–H groups in total. The summed E-state index contributed by atoms with van der Waals surface area (Å²) in [5.41, 5.74) is 1.34. The van der Waals surface area contributed by atoms with E-state index in [1.165, 1.54) is 16.3 Å². The van der Waals surface area contributed by atoms with Crippen LogP contribution < -0.4 is 0 Å². The van der Waals surface area contributed by atoms with Crippen LogP contribution in [0, 0.1) is 17.8 Å². The summed E-state index contributed by atoms with van der Waals surface area (Å²) in [4.78, 5) is 12.1. The lowest BCUT2D eigenvalue weighted by atomic mass is 9.84. The molecule has 2 unspecified atom stereocenters. The SMILES string of the molecule is CCC(Cc1cccc2ccccc12)C(OC(=O)C(C)C)C(C)C. The molecule has 2 aromatic carbocycles. The third-order valence-electron chi connectivity index (χ3n) is 4.73. The molecule has 0 radical (unpaired) electrons. The van der Waals surface area contributed by atoms with Gasteiger partial charge in [-0.2, -0.15) is 0 Å². The normalized spacial score (nSPS) is 14.1. The van der Waals surface area contributed by atoms with Crippen molar-refractivity contribution < 1.29 is 9.53 Å². The molecule has 0 bridgehead atoms. The number of fused-ring (bicyclic) bond motifs is 1. The Morgan fingerprint density at radius 1 is 1.00 bits per heavy atom. The zero-order valence-electron chi connectivity index (χ0n) is 15.6. The zero-order chi connectivity index (χ0) is 17.7. The fourth-order valence-electron chi connectivity index (χ4n) is 3.29. The second-order valence-electron chi connectivity index (χ2n) is 7.31. The summed E-state index contributed by atoms with van der Waals surface area (Å²) < 4.78 is 5.87. The molecule has 0 amide bonds. The van der Waals surface area contributed by atoms with Crippen LogP contribution in [0.2, 0.25) is 0 Å². The van der Waals surface area contributed by atoms with Crippen LogP contribution >= 0.6 is 0 Å². The van der Waals surface area contributed by atoms with Gasteiger partial charge in [0.15, 0.2) is 0 Å². The fourth-order valence-corrected chi connectivity index (χ4v) is 3.29. The first-order valence-electron chi connectivity index (χ1n) is 9.11. The van der Waals surface area contributed by atoms with Gasteiger partial charge in [0.25, 0.3) is 0 Å². The van der Waals surface area contributed by atoms with Gasteiger partial charge in [0.05, 0.1) is 5.92 Å². The van der Waals surface area contributed by atoms with Crippen molar-refractivity contribution in [3.05, 3.63) is 48.0 Å². The highest BCUT2D eigenvalue weighted by Gasteiger charge is 2.28. The monoisotopic (exact) mass is 326 g/mol. The quantitative estimate of drug-likeness (QED) is 0.616. The average molecular weight is 326 g/mol. The molecule has 0 aliphatic carbocycles. The van der Waals surface area contributed by atoms with Gasteiger partial charge in [-0.15, -0.1) is 0 Å². The summed E-state index contributed by atoms with van der Waals surface area (Å²) in [7, 11) is 0. The van der Waals surface area contributed by atoms with Crippen molar-refractivity contribution in [1.29, 1.82) is 0 Å². The van der Waals surface area contributed by atoms with E-state index in [0.717, 1.165) is 12.8 Å². The van der Waals surface area contributed by atoms with E-state index in [9.17, 15) is 4.79 Å². The van der Waals surface area contributed by atoms with Crippen LogP contribution in [0.3, 0.4) is 0 Å². The second-order valence-corrected chi connectivity index (χ2v) is 7.31. The van der Waals surface area contributed by atoms with E-state index in [1.54, 1.807) is 0 Å². The van der Waals surface area contributed by atoms with Crippen molar-refractivity contribution >= 4 is 16.7 Å². The Kier molecular flexibility index (Phi) is 6.42. The Balaban J connectivity index is 2.26. The van der Waals surface area contributed by atoms with Crippen LogP contribution in [0.5, 0.6) is 0 Å². The van der Waals surface area contributed by atoms with Crippen molar-refractivity contribution in [1.82, 2.24) is 0 Å². The van der Waals surface area contributed by atoms with Crippen LogP contribution in [0.25, 0.3) is 10.8 Å². The Morgan fingerprint density at radius 3 is 2.29 bits per heavy atom. The first-order chi connectivity index (χ1) is 11.4. The topological polar surface area (TPSA) is 26.3 Å². The smallest absolute Gasteiger partial charge is 0.308 e. The minimum absolute atomic E-state index is 0.0381. The number of benzene rings is 2. The highest BCUT2D eigenvalue weighted by Crippen LogP contribution is 2.28. The molecule has 2 aromatic rings. The largest absolute Gasteiger partial charge is 0.462 e. The summed E-state index contributed by atoms with van der Waals surface area (Å²) in [6, 6.07) is 15.0. The van der Waals surface area contributed by atoms with Crippen LogP contribution in [0.4, 0.5) is 0 Å². The van der Waals surface area contributed by atoms with Gasteiger partial charge in [-0.3, -0.25) is 4.79 Å². The number of hydrogen-bond donors (Lipinski definition) is 0. The average Bonchev–Trinajstić information content (AvgIpc) is 2.57. The molecule has 2 rings (SSSR count). The van der Waals surface area contributed by atoms with Gasteiger partial charge in [0, 0.05) is 0 Å². The molecular weight excluding hydrogens is 296 g/mol. The molecule has 24 heavy (non-hydrogen) atoms. The first-order valence-corrected chi connectivity index (χ1v) is 9.11. The lowest BCUT2D eigenvalue weighted by molar-refractivity contribution is -0.158.